The van der Waals surface area contributed by atoms with Crippen molar-refractivity contribution >= 4 is 44.1 Å². The molecule has 5 rings (SSSR count). The predicted octanol–water partition coefficient (Wildman–Crippen LogP) is 4.85. The summed E-state index contributed by atoms with van der Waals surface area (Å²) in [5, 5.41) is 7.10. The van der Waals surface area contributed by atoms with Gasteiger partial charge in [0.1, 0.15) is 0 Å². The van der Waals surface area contributed by atoms with Crippen molar-refractivity contribution in [3.63, 3.8) is 0 Å². The summed E-state index contributed by atoms with van der Waals surface area (Å²) in [4.78, 5) is 22.7. The molecule has 1 amide bonds. The minimum Gasteiger partial charge on any atom is -0.380 e. The Kier molecular flexibility index (Phi) is 4.43. The Bertz CT molecular complexity index is 1230. The van der Waals surface area contributed by atoms with E-state index in [2.05, 4.69) is 57.9 Å². The maximum atomic E-state index is 11.7. The van der Waals surface area contributed by atoms with Crippen LogP contribution in [0.15, 0.2) is 48.1 Å². The van der Waals surface area contributed by atoms with E-state index < -0.39 is 0 Å². The van der Waals surface area contributed by atoms with Gasteiger partial charge in [-0.2, -0.15) is 0 Å². The van der Waals surface area contributed by atoms with Crippen LogP contribution < -0.4 is 5.32 Å². The van der Waals surface area contributed by atoms with Gasteiger partial charge >= 0.3 is 0 Å². The number of nitrogens with zero attached hydrogens (tertiary/aromatic N) is 3. The van der Waals surface area contributed by atoms with Gasteiger partial charge in [-0.05, 0) is 59.5 Å². The molecule has 1 saturated heterocycles. The third-order valence-electron chi connectivity index (χ3n) is 5.66. The molecular weight excluding hydrogens is 380 g/mol. The number of hydrogen-bond acceptors (Lipinski definition) is 5. The Morgan fingerprint density at radius 3 is 2.90 bits per heavy atom. The van der Waals surface area contributed by atoms with Crippen molar-refractivity contribution in [1.82, 2.24) is 14.9 Å². The van der Waals surface area contributed by atoms with E-state index >= 15 is 0 Å². The first-order valence-electron chi connectivity index (χ1n) is 9.83. The Morgan fingerprint density at radius 2 is 2.07 bits per heavy atom. The second-order valence-corrected chi connectivity index (χ2v) is 8.58. The van der Waals surface area contributed by atoms with Gasteiger partial charge in [0, 0.05) is 54.4 Å². The zero-order valence-electron chi connectivity index (χ0n) is 16.5. The molecule has 2 aromatic heterocycles. The first kappa shape index (κ1) is 18.1. The molecule has 0 spiro atoms. The number of amides is 1. The molecule has 0 aliphatic carbocycles. The highest BCUT2D eigenvalue weighted by Crippen LogP contribution is 2.35. The normalized spacial score (nSPS) is 16.6. The summed E-state index contributed by atoms with van der Waals surface area (Å²) in [5.74, 6) is 0.138. The third-order valence-corrected chi connectivity index (χ3v) is 6.74. The predicted molar refractivity (Wildman–Crippen MR) is 119 cm³/mol. The van der Waals surface area contributed by atoms with Gasteiger partial charge in [-0.1, -0.05) is 6.07 Å². The molecule has 1 unspecified atom stereocenters. The molecular formula is C23H22N4OS. The lowest BCUT2D eigenvalue weighted by atomic mass is 10.0. The molecule has 1 atom stereocenters. The molecule has 0 bridgehead atoms. The van der Waals surface area contributed by atoms with Crippen molar-refractivity contribution in [2.24, 2.45) is 0 Å². The van der Waals surface area contributed by atoms with Crippen LogP contribution in [-0.2, 0) is 4.79 Å². The minimum atomic E-state index is 0.138. The second-order valence-electron chi connectivity index (χ2n) is 7.67. The van der Waals surface area contributed by atoms with E-state index in [9.17, 15) is 4.79 Å². The van der Waals surface area contributed by atoms with Gasteiger partial charge in [-0.3, -0.25) is 14.8 Å². The van der Waals surface area contributed by atoms with E-state index in [4.69, 9.17) is 0 Å². The van der Waals surface area contributed by atoms with Crippen LogP contribution in [0.4, 0.5) is 5.69 Å². The van der Waals surface area contributed by atoms with Crippen molar-refractivity contribution < 1.29 is 4.79 Å². The molecule has 1 N–H and O–H groups in total. The second kappa shape index (κ2) is 7.12. The molecule has 1 aliphatic heterocycles. The van der Waals surface area contributed by atoms with Crippen LogP contribution in [0.25, 0.3) is 32.2 Å². The number of carbonyl (C=O) groups is 1. The lowest BCUT2D eigenvalue weighted by molar-refractivity contribution is -0.127. The number of carbonyl (C=O) groups excluding carboxylic acids is 1. The quantitative estimate of drug-likeness (QED) is 0.532. The molecule has 5 nitrogen and oxygen atoms in total. The standard InChI is InChI=1S/C23H22N4OS/c1-14-13-29-22-4-3-16(9-19(14)22)20-10-18(11-21-23(20)25-7-6-24-21)26-17-5-8-27(12-17)15(2)28/h3-4,6-7,9-11,13,17,26H,5,8,12H2,1-2H3. The summed E-state index contributed by atoms with van der Waals surface area (Å²) in [6.45, 7) is 5.33. The zero-order valence-corrected chi connectivity index (χ0v) is 17.3. The van der Waals surface area contributed by atoms with E-state index in [1.54, 1.807) is 30.7 Å². The van der Waals surface area contributed by atoms with Gasteiger partial charge in [0.25, 0.3) is 0 Å². The monoisotopic (exact) mass is 402 g/mol. The fourth-order valence-electron chi connectivity index (χ4n) is 4.10. The van der Waals surface area contributed by atoms with Crippen molar-refractivity contribution in [2.45, 2.75) is 26.3 Å². The number of fused-ring (bicyclic) bond motifs is 2. The third kappa shape index (κ3) is 3.34. The first-order valence-corrected chi connectivity index (χ1v) is 10.7. The Morgan fingerprint density at radius 1 is 1.21 bits per heavy atom. The van der Waals surface area contributed by atoms with Crippen LogP contribution in [0.5, 0.6) is 0 Å². The smallest absolute Gasteiger partial charge is 0.219 e. The number of anilines is 1. The molecule has 2 aromatic carbocycles. The lowest BCUT2D eigenvalue weighted by Gasteiger charge is -2.17. The number of aryl methyl sites for hydroxylation is 1. The summed E-state index contributed by atoms with van der Waals surface area (Å²) >= 11 is 1.78. The number of likely N-dealkylation sites (tertiary alicyclic amines) is 1. The van der Waals surface area contributed by atoms with Crippen molar-refractivity contribution in [1.29, 1.82) is 0 Å². The maximum Gasteiger partial charge on any atom is 0.219 e. The average molecular weight is 403 g/mol. The van der Waals surface area contributed by atoms with Gasteiger partial charge in [-0.25, -0.2) is 0 Å². The van der Waals surface area contributed by atoms with Crippen LogP contribution in [0.1, 0.15) is 18.9 Å². The number of hydrogen-bond donors (Lipinski definition) is 1. The average Bonchev–Trinajstić information content (AvgIpc) is 3.34. The lowest BCUT2D eigenvalue weighted by Crippen LogP contribution is -2.29. The summed E-state index contributed by atoms with van der Waals surface area (Å²) in [6.07, 6.45) is 4.43. The molecule has 3 heterocycles. The van der Waals surface area contributed by atoms with Crippen LogP contribution in [-0.4, -0.2) is 39.9 Å². The number of rotatable bonds is 3. The molecule has 1 aliphatic rings. The van der Waals surface area contributed by atoms with Crippen LogP contribution in [0, 0.1) is 6.92 Å². The van der Waals surface area contributed by atoms with Crippen LogP contribution in [0.2, 0.25) is 0 Å². The number of benzene rings is 2. The Balaban J connectivity index is 1.57. The largest absolute Gasteiger partial charge is 0.380 e. The number of aromatic nitrogens is 2. The SMILES string of the molecule is CC(=O)N1CCC(Nc2cc(-c3ccc4scc(C)c4c3)c3nccnc3c2)C1. The van der Waals surface area contributed by atoms with E-state index in [1.165, 1.54) is 15.6 Å². The molecule has 29 heavy (non-hydrogen) atoms. The van der Waals surface area contributed by atoms with E-state index in [0.717, 1.165) is 47.4 Å². The van der Waals surface area contributed by atoms with Crippen LogP contribution in [0.3, 0.4) is 0 Å². The summed E-state index contributed by atoms with van der Waals surface area (Å²) in [7, 11) is 0. The van der Waals surface area contributed by atoms with Crippen molar-refractivity contribution in [3.05, 3.63) is 53.7 Å². The molecule has 0 saturated carbocycles. The highest BCUT2D eigenvalue weighted by atomic mass is 32.1. The van der Waals surface area contributed by atoms with Crippen molar-refractivity contribution in [3.8, 4) is 11.1 Å². The van der Waals surface area contributed by atoms with Gasteiger partial charge in [0.15, 0.2) is 0 Å². The molecule has 4 aromatic rings. The number of thiophene rings is 1. The molecule has 146 valence electrons. The fraction of sp³-hybridized carbons (Fsp3) is 0.261. The summed E-state index contributed by atoms with van der Waals surface area (Å²) in [5.41, 5.74) is 6.31. The Hall–Kier alpha value is -2.99. The topological polar surface area (TPSA) is 58.1 Å². The summed E-state index contributed by atoms with van der Waals surface area (Å²) < 4.78 is 1.30. The first-order chi connectivity index (χ1) is 14.1. The molecule has 0 radical (unpaired) electrons. The highest BCUT2D eigenvalue weighted by molar-refractivity contribution is 7.17. The maximum absolute atomic E-state index is 11.7. The van der Waals surface area contributed by atoms with Gasteiger partial charge in [0.2, 0.25) is 5.91 Å². The minimum absolute atomic E-state index is 0.138. The Labute approximate surface area is 173 Å². The van der Waals surface area contributed by atoms with Gasteiger partial charge in [0.05, 0.1) is 11.0 Å². The fourth-order valence-corrected chi connectivity index (χ4v) is 5.03. The van der Waals surface area contributed by atoms with E-state index in [1.807, 2.05) is 4.90 Å². The molecule has 6 heteroatoms. The summed E-state index contributed by atoms with van der Waals surface area (Å²) in [6, 6.07) is 11.1. The van der Waals surface area contributed by atoms with Crippen molar-refractivity contribution in [2.75, 3.05) is 18.4 Å². The van der Waals surface area contributed by atoms with E-state index in [0.29, 0.717) is 0 Å². The number of nitrogens with one attached hydrogen (secondary N) is 1. The van der Waals surface area contributed by atoms with Crippen LogP contribution >= 0.6 is 11.3 Å². The van der Waals surface area contributed by atoms with E-state index in [-0.39, 0.29) is 11.9 Å². The molecule has 1 fully saturated rings. The zero-order chi connectivity index (χ0) is 20.0. The highest BCUT2D eigenvalue weighted by Gasteiger charge is 2.24. The van der Waals surface area contributed by atoms with Gasteiger partial charge in [-0.15, -0.1) is 11.3 Å². The van der Waals surface area contributed by atoms with Gasteiger partial charge < -0.3 is 10.2 Å².